The van der Waals surface area contributed by atoms with Crippen molar-refractivity contribution in [1.82, 2.24) is 19.7 Å². The Hall–Kier alpha value is -3.95. The highest BCUT2D eigenvalue weighted by Crippen LogP contribution is 2.36. The summed E-state index contributed by atoms with van der Waals surface area (Å²) < 4.78 is 11.3. The van der Waals surface area contributed by atoms with Crippen LogP contribution in [0.2, 0.25) is 0 Å². The second kappa shape index (κ2) is 12.9. The number of carboxylic acid groups (broad SMARTS) is 1. The predicted octanol–water partition coefficient (Wildman–Crippen LogP) is 5.44. The summed E-state index contributed by atoms with van der Waals surface area (Å²) in [6.45, 7) is 5.80. The molecule has 2 aromatic carbocycles. The van der Waals surface area contributed by atoms with Crippen molar-refractivity contribution in [3.8, 4) is 11.6 Å². The number of hydrogen-bond acceptors (Lipinski definition) is 6. The van der Waals surface area contributed by atoms with E-state index in [9.17, 15) is 9.59 Å². The van der Waals surface area contributed by atoms with Gasteiger partial charge in [-0.15, -0.1) is 0 Å². The van der Waals surface area contributed by atoms with Gasteiger partial charge in [-0.05, 0) is 67.0 Å². The molecule has 0 aliphatic carbocycles. The molecule has 42 heavy (non-hydrogen) atoms. The molecule has 0 bridgehead atoms. The minimum absolute atomic E-state index is 0.0900. The maximum atomic E-state index is 13.8. The first kappa shape index (κ1) is 28.2. The molecule has 220 valence electrons. The minimum atomic E-state index is -0.969. The first-order valence-corrected chi connectivity index (χ1v) is 14.9. The molecule has 9 nitrogen and oxygen atoms in total. The van der Waals surface area contributed by atoms with Gasteiger partial charge in [0.25, 0.3) is 0 Å². The zero-order chi connectivity index (χ0) is 28.9. The smallest absolute Gasteiger partial charge is 0.335 e. The van der Waals surface area contributed by atoms with Crippen LogP contribution in [-0.4, -0.2) is 82.2 Å². The number of likely N-dealkylation sites (tertiary alicyclic amines) is 1. The molecular weight excluding hydrogens is 532 g/mol. The van der Waals surface area contributed by atoms with E-state index in [4.69, 9.17) is 14.6 Å². The molecule has 0 saturated carbocycles. The van der Waals surface area contributed by atoms with E-state index in [2.05, 4.69) is 43.9 Å². The van der Waals surface area contributed by atoms with Gasteiger partial charge in [0.1, 0.15) is 5.75 Å². The number of aromatic nitrogens is 1. The molecule has 1 aromatic heterocycles. The van der Waals surface area contributed by atoms with Crippen molar-refractivity contribution in [2.75, 3.05) is 39.4 Å². The van der Waals surface area contributed by atoms with Crippen LogP contribution in [0.3, 0.4) is 0 Å². The van der Waals surface area contributed by atoms with Crippen LogP contribution in [0.5, 0.6) is 11.6 Å². The van der Waals surface area contributed by atoms with Crippen molar-refractivity contribution < 1.29 is 24.2 Å². The highest BCUT2D eigenvalue weighted by atomic mass is 16.5. The van der Waals surface area contributed by atoms with E-state index in [1.54, 1.807) is 12.1 Å². The molecular formula is C33H38N4O5. The second-order valence-corrected chi connectivity index (χ2v) is 11.5. The number of benzene rings is 2. The van der Waals surface area contributed by atoms with Crippen LogP contribution in [0.1, 0.15) is 53.2 Å². The van der Waals surface area contributed by atoms with Crippen LogP contribution < -0.4 is 4.74 Å². The van der Waals surface area contributed by atoms with Crippen molar-refractivity contribution >= 4 is 12.0 Å². The van der Waals surface area contributed by atoms with Gasteiger partial charge in [-0.3, -0.25) is 4.90 Å². The number of amides is 2. The molecule has 3 aliphatic rings. The summed E-state index contributed by atoms with van der Waals surface area (Å²) in [5.74, 6) is 0.553. The molecule has 1 N–H and O–H groups in total. The Balaban J connectivity index is 1.05. The maximum absolute atomic E-state index is 13.8. The highest BCUT2D eigenvalue weighted by molar-refractivity contribution is 5.87. The van der Waals surface area contributed by atoms with Gasteiger partial charge in [0.05, 0.1) is 11.6 Å². The number of piperidine rings is 1. The summed E-state index contributed by atoms with van der Waals surface area (Å²) in [6, 6.07) is 21.1. The summed E-state index contributed by atoms with van der Waals surface area (Å²) in [6.07, 6.45) is 5.78. The average molecular weight is 571 g/mol. The van der Waals surface area contributed by atoms with Crippen molar-refractivity contribution in [3.63, 3.8) is 0 Å². The Kier molecular flexibility index (Phi) is 8.67. The molecule has 3 fully saturated rings. The average Bonchev–Trinajstić information content (AvgIpc) is 3.35. The Morgan fingerprint density at radius 3 is 2.36 bits per heavy atom. The molecule has 3 aromatic rings. The number of nitrogens with zero attached hydrogens (tertiary/aromatic N) is 4. The molecule has 4 heterocycles. The number of carbonyl (C=O) groups excluding carboxylic acids is 1. The Morgan fingerprint density at radius 2 is 1.69 bits per heavy atom. The van der Waals surface area contributed by atoms with E-state index in [0.29, 0.717) is 17.5 Å². The number of hydrogen-bond donors (Lipinski definition) is 1. The van der Waals surface area contributed by atoms with Crippen LogP contribution >= 0.6 is 0 Å². The second-order valence-electron chi connectivity index (χ2n) is 11.5. The quantitative estimate of drug-likeness (QED) is 0.366. The monoisotopic (exact) mass is 570 g/mol. The van der Waals surface area contributed by atoms with E-state index in [-0.39, 0.29) is 23.7 Å². The molecule has 0 radical (unpaired) electrons. The number of aromatic carboxylic acids is 1. The van der Waals surface area contributed by atoms with E-state index in [1.807, 2.05) is 24.4 Å². The number of rotatable bonds is 9. The molecule has 2 amide bonds. The van der Waals surface area contributed by atoms with Crippen molar-refractivity contribution in [3.05, 3.63) is 89.6 Å². The minimum Gasteiger partial charge on any atom is -0.478 e. The molecule has 9 heteroatoms. The Bertz CT molecular complexity index is 1340. The van der Waals surface area contributed by atoms with Crippen LogP contribution in [-0.2, 0) is 11.3 Å². The third kappa shape index (κ3) is 6.58. The van der Waals surface area contributed by atoms with E-state index >= 15 is 0 Å². The molecule has 0 unspecified atom stereocenters. The zero-order valence-corrected chi connectivity index (χ0v) is 23.8. The van der Waals surface area contributed by atoms with E-state index < -0.39 is 5.97 Å². The summed E-state index contributed by atoms with van der Waals surface area (Å²) in [5.41, 5.74) is 2.53. The predicted molar refractivity (Wildman–Crippen MR) is 158 cm³/mol. The third-order valence-electron chi connectivity index (χ3n) is 8.70. The fourth-order valence-electron chi connectivity index (χ4n) is 6.38. The standard InChI is InChI=1S/C33H38N4O5/c38-32(39)27-7-9-29(10-8-27)42-31-11-6-25(20-34-31)21-35-16-12-28(13-17-35)37-30(26-4-2-1-3-5-26)23-36(33(37)40)22-24-14-18-41-19-15-24/h1-11,20,24,28,30H,12-19,21-23H2,(H,38,39)/t30-/m0/s1. The van der Waals surface area contributed by atoms with E-state index in [1.165, 1.54) is 17.7 Å². The summed E-state index contributed by atoms with van der Waals surface area (Å²) in [4.78, 5) is 36.0. The van der Waals surface area contributed by atoms with Crippen LogP contribution in [0.15, 0.2) is 72.9 Å². The summed E-state index contributed by atoms with van der Waals surface area (Å²) in [5, 5.41) is 9.06. The summed E-state index contributed by atoms with van der Waals surface area (Å²) >= 11 is 0. The van der Waals surface area contributed by atoms with Gasteiger partial charge < -0.3 is 24.4 Å². The van der Waals surface area contributed by atoms with Crippen LogP contribution in [0, 0.1) is 5.92 Å². The SMILES string of the molecule is O=C(O)c1ccc(Oc2ccc(CN3CCC(N4C(=O)N(CC5CCOCC5)C[C@H]4c4ccccc4)CC3)cn2)cc1. The number of pyridine rings is 1. The maximum Gasteiger partial charge on any atom is 0.335 e. The fraction of sp³-hybridized carbons (Fsp3) is 0.424. The number of carboxylic acids is 1. The van der Waals surface area contributed by atoms with Gasteiger partial charge in [0.15, 0.2) is 0 Å². The van der Waals surface area contributed by atoms with Crippen molar-refractivity contribution in [1.29, 1.82) is 0 Å². The zero-order valence-electron chi connectivity index (χ0n) is 23.8. The van der Waals surface area contributed by atoms with Gasteiger partial charge in [-0.2, -0.15) is 0 Å². The Labute approximate surface area is 246 Å². The molecule has 3 saturated heterocycles. The van der Waals surface area contributed by atoms with Gasteiger partial charge in [0, 0.05) is 64.2 Å². The third-order valence-corrected chi connectivity index (χ3v) is 8.70. The molecule has 3 aliphatic heterocycles. The number of urea groups is 1. The lowest BCUT2D eigenvalue weighted by Crippen LogP contribution is -2.47. The van der Waals surface area contributed by atoms with Crippen molar-refractivity contribution in [2.24, 2.45) is 5.92 Å². The molecule has 1 atom stereocenters. The lowest BCUT2D eigenvalue weighted by atomic mass is 9.98. The van der Waals surface area contributed by atoms with Gasteiger partial charge in [-0.1, -0.05) is 36.4 Å². The molecule has 6 rings (SSSR count). The van der Waals surface area contributed by atoms with Crippen molar-refractivity contribution in [2.45, 2.75) is 44.3 Å². The first-order chi connectivity index (χ1) is 20.5. The normalized spacial score (nSPS) is 20.7. The van der Waals surface area contributed by atoms with Gasteiger partial charge in [0.2, 0.25) is 5.88 Å². The number of carbonyl (C=O) groups is 2. The van der Waals surface area contributed by atoms with E-state index in [0.717, 1.165) is 77.2 Å². The lowest BCUT2D eigenvalue weighted by Gasteiger charge is -2.39. The van der Waals surface area contributed by atoms with Gasteiger partial charge >= 0.3 is 12.0 Å². The molecule has 0 spiro atoms. The fourth-order valence-corrected chi connectivity index (χ4v) is 6.38. The topological polar surface area (TPSA) is 95.4 Å². The lowest BCUT2D eigenvalue weighted by molar-refractivity contribution is 0.0574. The van der Waals surface area contributed by atoms with Crippen LogP contribution in [0.25, 0.3) is 0 Å². The summed E-state index contributed by atoms with van der Waals surface area (Å²) in [7, 11) is 0. The largest absolute Gasteiger partial charge is 0.478 e. The first-order valence-electron chi connectivity index (χ1n) is 14.9. The van der Waals surface area contributed by atoms with Crippen LogP contribution in [0.4, 0.5) is 4.79 Å². The number of ether oxygens (including phenoxy) is 2. The highest BCUT2D eigenvalue weighted by Gasteiger charge is 2.43. The Morgan fingerprint density at radius 1 is 0.952 bits per heavy atom. The van der Waals surface area contributed by atoms with Gasteiger partial charge in [-0.25, -0.2) is 14.6 Å².